The van der Waals surface area contributed by atoms with Gasteiger partial charge in [-0.15, -0.1) is 17.9 Å². The van der Waals surface area contributed by atoms with E-state index in [-0.39, 0.29) is 5.91 Å². The molecule has 3 nitrogen and oxygen atoms in total. The van der Waals surface area contributed by atoms with Gasteiger partial charge in [0.25, 0.3) is 0 Å². The summed E-state index contributed by atoms with van der Waals surface area (Å²) in [7, 11) is 0. The molecule has 0 bridgehead atoms. The average Bonchev–Trinajstić information content (AvgIpc) is 3.08. The Morgan fingerprint density at radius 3 is 2.46 bits per heavy atom. The largest absolute Gasteiger partial charge is 0.324 e. The van der Waals surface area contributed by atoms with Crippen LogP contribution in [0.4, 0.5) is 5.69 Å². The second-order valence-electron chi connectivity index (χ2n) is 5.74. The van der Waals surface area contributed by atoms with E-state index in [2.05, 4.69) is 60.3 Å². The Balaban J connectivity index is 2.06. The van der Waals surface area contributed by atoms with Crippen molar-refractivity contribution in [3.63, 3.8) is 0 Å². The van der Waals surface area contributed by atoms with Crippen LogP contribution in [0.3, 0.4) is 0 Å². The number of para-hydroxylation sites is 1. The molecule has 2 rings (SSSR count). The van der Waals surface area contributed by atoms with E-state index in [4.69, 9.17) is 0 Å². The molecule has 1 heterocycles. The van der Waals surface area contributed by atoms with E-state index < -0.39 is 0 Å². The van der Waals surface area contributed by atoms with Gasteiger partial charge in [-0.25, -0.2) is 0 Å². The van der Waals surface area contributed by atoms with E-state index in [9.17, 15) is 4.79 Å². The summed E-state index contributed by atoms with van der Waals surface area (Å²) in [5.74, 6) is 0.0315. The molecule has 0 radical (unpaired) electrons. The van der Waals surface area contributed by atoms with Crippen LogP contribution in [0, 0.1) is 0 Å². The maximum absolute atomic E-state index is 12.6. The third kappa shape index (κ3) is 5.05. The maximum atomic E-state index is 12.6. The number of carbonyl (C=O) groups is 1. The molecule has 0 spiro atoms. The predicted octanol–water partition coefficient (Wildman–Crippen LogP) is 4.50. The van der Waals surface area contributed by atoms with Crippen LogP contribution in [0.1, 0.15) is 29.9 Å². The molecule has 1 aromatic heterocycles. The van der Waals surface area contributed by atoms with Crippen molar-refractivity contribution in [2.24, 2.45) is 0 Å². The van der Waals surface area contributed by atoms with E-state index in [1.165, 1.54) is 16.0 Å². The van der Waals surface area contributed by atoms with Crippen LogP contribution in [-0.2, 0) is 24.2 Å². The number of rotatable bonds is 9. The third-order valence-corrected chi connectivity index (χ3v) is 4.84. The molecule has 1 amide bonds. The van der Waals surface area contributed by atoms with Gasteiger partial charge in [-0.2, -0.15) is 0 Å². The van der Waals surface area contributed by atoms with E-state index in [0.29, 0.717) is 13.1 Å². The number of carbonyl (C=O) groups excluding carboxylic acids is 1. The van der Waals surface area contributed by atoms with Crippen LogP contribution in [0.2, 0.25) is 0 Å². The van der Waals surface area contributed by atoms with Crippen LogP contribution < -0.4 is 5.32 Å². The number of nitrogens with zero attached hydrogens (tertiary/aromatic N) is 1. The Morgan fingerprint density at radius 2 is 1.92 bits per heavy atom. The lowest BCUT2D eigenvalue weighted by atomic mass is 10.0. The van der Waals surface area contributed by atoms with Gasteiger partial charge in [0.1, 0.15) is 0 Å². The summed E-state index contributed by atoms with van der Waals surface area (Å²) < 4.78 is 0. The number of aryl methyl sites for hydroxylation is 2. The smallest absolute Gasteiger partial charge is 0.238 e. The Bertz CT molecular complexity index is 642. The SMILES string of the molecule is C=CCN(CC(=O)Nc1c(CC)cccc1CC)Cc1cccs1. The highest BCUT2D eigenvalue weighted by Crippen LogP contribution is 2.22. The van der Waals surface area contributed by atoms with Gasteiger partial charge < -0.3 is 5.32 Å². The lowest BCUT2D eigenvalue weighted by Gasteiger charge is -2.21. The van der Waals surface area contributed by atoms with Gasteiger partial charge in [-0.1, -0.05) is 44.2 Å². The van der Waals surface area contributed by atoms with Gasteiger partial charge in [-0.05, 0) is 35.4 Å². The molecule has 128 valence electrons. The Kier molecular flexibility index (Phi) is 7.22. The van der Waals surface area contributed by atoms with Crippen molar-refractivity contribution < 1.29 is 4.79 Å². The minimum absolute atomic E-state index is 0.0315. The molecular formula is C20H26N2OS. The summed E-state index contributed by atoms with van der Waals surface area (Å²) in [6.45, 7) is 9.87. The van der Waals surface area contributed by atoms with Crippen LogP contribution in [-0.4, -0.2) is 23.9 Å². The number of benzene rings is 1. The van der Waals surface area contributed by atoms with Crippen molar-refractivity contribution in [2.75, 3.05) is 18.4 Å². The predicted molar refractivity (Wildman–Crippen MR) is 104 cm³/mol. The van der Waals surface area contributed by atoms with Gasteiger partial charge >= 0.3 is 0 Å². The summed E-state index contributed by atoms with van der Waals surface area (Å²) in [4.78, 5) is 15.9. The van der Waals surface area contributed by atoms with E-state index in [0.717, 1.165) is 25.1 Å². The van der Waals surface area contributed by atoms with Gasteiger partial charge in [-0.3, -0.25) is 9.69 Å². The Morgan fingerprint density at radius 1 is 1.21 bits per heavy atom. The highest BCUT2D eigenvalue weighted by molar-refractivity contribution is 7.09. The van der Waals surface area contributed by atoms with Crippen LogP contribution in [0.5, 0.6) is 0 Å². The normalized spacial score (nSPS) is 10.8. The molecule has 0 unspecified atom stereocenters. The molecule has 2 aromatic rings. The van der Waals surface area contributed by atoms with Gasteiger partial charge in [0.05, 0.1) is 6.54 Å². The zero-order valence-corrected chi connectivity index (χ0v) is 15.4. The fraction of sp³-hybridized carbons (Fsp3) is 0.350. The molecular weight excluding hydrogens is 316 g/mol. The number of amides is 1. The zero-order valence-electron chi connectivity index (χ0n) is 14.5. The standard InChI is InChI=1S/C20H26N2OS/c1-4-12-22(14-18-11-8-13-24-18)15-19(23)21-20-16(5-2)9-7-10-17(20)6-3/h4,7-11,13H,1,5-6,12,14-15H2,2-3H3,(H,21,23). The average molecular weight is 343 g/mol. The number of hydrogen-bond acceptors (Lipinski definition) is 3. The van der Waals surface area contributed by atoms with Crippen molar-refractivity contribution >= 4 is 22.9 Å². The van der Waals surface area contributed by atoms with Crippen LogP contribution in [0.25, 0.3) is 0 Å². The highest BCUT2D eigenvalue weighted by Gasteiger charge is 2.14. The quantitative estimate of drug-likeness (QED) is 0.681. The Hall–Kier alpha value is -1.91. The third-order valence-electron chi connectivity index (χ3n) is 3.98. The summed E-state index contributed by atoms with van der Waals surface area (Å²) in [6.07, 6.45) is 3.67. The van der Waals surface area contributed by atoms with Crippen molar-refractivity contribution in [2.45, 2.75) is 33.2 Å². The molecule has 0 aliphatic rings. The summed E-state index contributed by atoms with van der Waals surface area (Å²) in [6, 6.07) is 10.4. The van der Waals surface area contributed by atoms with E-state index >= 15 is 0 Å². The first-order valence-electron chi connectivity index (χ1n) is 8.44. The zero-order chi connectivity index (χ0) is 17.4. The first-order valence-corrected chi connectivity index (χ1v) is 9.32. The molecule has 0 saturated heterocycles. The summed E-state index contributed by atoms with van der Waals surface area (Å²) in [5.41, 5.74) is 3.37. The molecule has 0 saturated carbocycles. The molecule has 24 heavy (non-hydrogen) atoms. The maximum Gasteiger partial charge on any atom is 0.238 e. The minimum atomic E-state index is 0.0315. The van der Waals surface area contributed by atoms with Crippen LogP contribution >= 0.6 is 11.3 Å². The molecule has 0 aliphatic carbocycles. The molecule has 0 atom stereocenters. The monoisotopic (exact) mass is 342 g/mol. The fourth-order valence-corrected chi connectivity index (χ4v) is 3.52. The van der Waals surface area contributed by atoms with Crippen molar-refractivity contribution in [1.82, 2.24) is 4.90 Å². The van der Waals surface area contributed by atoms with Gasteiger partial charge in [0, 0.05) is 23.7 Å². The lowest BCUT2D eigenvalue weighted by molar-refractivity contribution is -0.117. The molecule has 0 fully saturated rings. The van der Waals surface area contributed by atoms with Gasteiger partial charge in [0.15, 0.2) is 0 Å². The summed E-state index contributed by atoms with van der Waals surface area (Å²) in [5, 5.41) is 5.20. The molecule has 0 aliphatic heterocycles. The number of nitrogens with one attached hydrogen (secondary N) is 1. The second-order valence-corrected chi connectivity index (χ2v) is 6.78. The first kappa shape index (κ1) is 18.4. The second kappa shape index (κ2) is 9.40. The van der Waals surface area contributed by atoms with Crippen molar-refractivity contribution in [1.29, 1.82) is 0 Å². The van der Waals surface area contributed by atoms with Crippen LogP contribution in [0.15, 0.2) is 48.4 Å². The number of hydrogen-bond donors (Lipinski definition) is 1. The van der Waals surface area contributed by atoms with Crippen molar-refractivity contribution in [3.05, 3.63) is 64.4 Å². The van der Waals surface area contributed by atoms with E-state index in [1.54, 1.807) is 11.3 Å². The van der Waals surface area contributed by atoms with E-state index in [1.807, 2.05) is 12.1 Å². The first-order chi connectivity index (χ1) is 11.7. The molecule has 1 N–H and O–H groups in total. The highest BCUT2D eigenvalue weighted by atomic mass is 32.1. The molecule has 1 aromatic carbocycles. The lowest BCUT2D eigenvalue weighted by Crippen LogP contribution is -2.33. The topological polar surface area (TPSA) is 32.3 Å². The van der Waals surface area contributed by atoms with Gasteiger partial charge in [0.2, 0.25) is 5.91 Å². The number of thiophene rings is 1. The minimum Gasteiger partial charge on any atom is -0.324 e. The molecule has 4 heteroatoms. The fourth-order valence-electron chi connectivity index (χ4n) is 2.78. The Labute approximate surface area is 149 Å². The number of anilines is 1. The summed E-state index contributed by atoms with van der Waals surface area (Å²) >= 11 is 1.71. The van der Waals surface area contributed by atoms with Crippen molar-refractivity contribution in [3.8, 4) is 0 Å².